The van der Waals surface area contributed by atoms with Crippen molar-refractivity contribution in [2.45, 2.75) is 32.2 Å². The second-order valence-corrected chi connectivity index (χ2v) is 4.19. The average Bonchev–Trinajstić information content (AvgIpc) is 2.14. The van der Waals surface area contributed by atoms with Gasteiger partial charge in [-0.1, -0.05) is 0 Å². The molecule has 15 heavy (non-hydrogen) atoms. The fourth-order valence-electron chi connectivity index (χ4n) is 1.97. The third kappa shape index (κ3) is 2.29. The Balaban J connectivity index is 2.15. The summed E-state index contributed by atoms with van der Waals surface area (Å²) in [4.78, 5) is 6.61. The van der Waals surface area contributed by atoms with Gasteiger partial charge in [0.05, 0.1) is 6.61 Å². The highest BCUT2D eigenvalue weighted by Gasteiger charge is 2.25. The maximum absolute atomic E-state index is 9.07. The molecule has 1 fully saturated rings. The summed E-state index contributed by atoms with van der Waals surface area (Å²) >= 11 is 0. The van der Waals surface area contributed by atoms with Crippen molar-refractivity contribution < 1.29 is 5.11 Å². The van der Waals surface area contributed by atoms with E-state index in [0.717, 1.165) is 5.82 Å². The fraction of sp³-hybridized carbons (Fsp3) is 0.583. The van der Waals surface area contributed by atoms with E-state index in [1.807, 2.05) is 12.3 Å². The minimum Gasteiger partial charge on any atom is -0.395 e. The molecule has 1 aromatic heterocycles. The van der Waals surface area contributed by atoms with Gasteiger partial charge in [-0.25, -0.2) is 4.98 Å². The van der Waals surface area contributed by atoms with E-state index in [9.17, 15) is 0 Å². The summed E-state index contributed by atoms with van der Waals surface area (Å²) < 4.78 is 0. The van der Waals surface area contributed by atoms with E-state index < -0.39 is 0 Å². The third-order valence-corrected chi connectivity index (χ3v) is 3.05. The minimum absolute atomic E-state index is 0.201. The molecule has 1 heterocycles. The molecule has 0 atom stereocenters. The summed E-state index contributed by atoms with van der Waals surface area (Å²) in [6.07, 6.45) is 5.61. The molecule has 1 aromatic rings. The molecule has 0 aliphatic heterocycles. The van der Waals surface area contributed by atoms with Crippen molar-refractivity contribution in [1.29, 1.82) is 0 Å². The second-order valence-electron chi connectivity index (χ2n) is 4.19. The molecule has 1 aliphatic rings. The fourth-order valence-corrected chi connectivity index (χ4v) is 1.97. The van der Waals surface area contributed by atoms with Gasteiger partial charge in [-0.2, -0.15) is 0 Å². The smallest absolute Gasteiger partial charge is 0.129 e. The van der Waals surface area contributed by atoms with Crippen molar-refractivity contribution >= 4 is 5.82 Å². The summed E-state index contributed by atoms with van der Waals surface area (Å²) in [5, 5.41) is 9.07. The van der Waals surface area contributed by atoms with E-state index in [1.165, 1.54) is 24.8 Å². The Labute approximate surface area is 90.8 Å². The normalized spacial score (nSPS) is 16.1. The predicted octanol–water partition coefficient (Wildman–Crippen LogP) is 1.74. The van der Waals surface area contributed by atoms with Crippen molar-refractivity contribution in [2.75, 3.05) is 18.1 Å². The Hall–Kier alpha value is -1.09. The van der Waals surface area contributed by atoms with Crippen LogP contribution in [0.4, 0.5) is 5.82 Å². The van der Waals surface area contributed by atoms with Gasteiger partial charge < -0.3 is 10.0 Å². The molecule has 0 amide bonds. The monoisotopic (exact) mass is 206 g/mol. The molecule has 0 bridgehead atoms. The van der Waals surface area contributed by atoms with Crippen LogP contribution in [0.15, 0.2) is 18.3 Å². The lowest BCUT2D eigenvalue weighted by Crippen LogP contribution is -2.42. The van der Waals surface area contributed by atoms with Gasteiger partial charge in [0.1, 0.15) is 5.82 Å². The molecule has 2 rings (SSSR count). The number of pyridine rings is 1. The number of aryl methyl sites for hydroxylation is 1. The number of hydrogen-bond donors (Lipinski definition) is 1. The van der Waals surface area contributed by atoms with Crippen LogP contribution in [0.2, 0.25) is 0 Å². The van der Waals surface area contributed by atoms with E-state index >= 15 is 0 Å². The summed E-state index contributed by atoms with van der Waals surface area (Å²) in [7, 11) is 0. The first kappa shape index (κ1) is 10.4. The molecule has 82 valence electrons. The molecule has 0 radical (unpaired) electrons. The maximum Gasteiger partial charge on any atom is 0.129 e. The van der Waals surface area contributed by atoms with Gasteiger partial charge in [0, 0.05) is 18.8 Å². The van der Waals surface area contributed by atoms with Crippen LogP contribution >= 0.6 is 0 Å². The van der Waals surface area contributed by atoms with Gasteiger partial charge in [-0.05, 0) is 43.9 Å². The summed E-state index contributed by atoms with van der Waals surface area (Å²) in [5.41, 5.74) is 1.22. The molecule has 1 saturated carbocycles. The van der Waals surface area contributed by atoms with Crippen molar-refractivity contribution in [2.24, 2.45) is 0 Å². The van der Waals surface area contributed by atoms with E-state index in [2.05, 4.69) is 22.9 Å². The van der Waals surface area contributed by atoms with E-state index in [-0.39, 0.29) is 6.61 Å². The van der Waals surface area contributed by atoms with Gasteiger partial charge in [-0.3, -0.25) is 0 Å². The van der Waals surface area contributed by atoms with Crippen molar-refractivity contribution in [3.05, 3.63) is 23.9 Å². The van der Waals surface area contributed by atoms with Crippen LogP contribution in [0.5, 0.6) is 0 Å². The highest BCUT2D eigenvalue weighted by molar-refractivity contribution is 5.42. The first-order chi connectivity index (χ1) is 7.31. The molecule has 0 aromatic carbocycles. The lowest BCUT2D eigenvalue weighted by Gasteiger charge is -2.38. The highest BCUT2D eigenvalue weighted by Crippen LogP contribution is 2.28. The Morgan fingerprint density at radius 3 is 2.87 bits per heavy atom. The molecule has 0 unspecified atom stereocenters. The van der Waals surface area contributed by atoms with Crippen molar-refractivity contribution in [3.8, 4) is 0 Å². The van der Waals surface area contributed by atoms with E-state index in [4.69, 9.17) is 5.11 Å². The summed E-state index contributed by atoms with van der Waals surface area (Å²) in [6.45, 7) is 2.97. The van der Waals surface area contributed by atoms with Crippen molar-refractivity contribution in [3.63, 3.8) is 0 Å². The molecular weight excluding hydrogens is 188 g/mol. The molecule has 1 aliphatic carbocycles. The highest BCUT2D eigenvalue weighted by atomic mass is 16.3. The lowest BCUT2D eigenvalue weighted by molar-refractivity contribution is 0.283. The number of aliphatic hydroxyl groups excluding tert-OH is 1. The third-order valence-electron chi connectivity index (χ3n) is 3.05. The first-order valence-electron chi connectivity index (χ1n) is 5.61. The van der Waals surface area contributed by atoms with Crippen LogP contribution < -0.4 is 4.90 Å². The molecule has 3 heteroatoms. The number of nitrogens with zero attached hydrogens (tertiary/aromatic N) is 2. The summed E-state index contributed by atoms with van der Waals surface area (Å²) in [6, 6.07) is 4.68. The molecule has 0 spiro atoms. The number of anilines is 1. The van der Waals surface area contributed by atoms with Crippen LogP contribution in [-0.4, -0.2) is 29.3 Å². The van der Waals surface area contributed by atoms with Crippen LogP contribution in [0.1, 0.15) is 24.8 Å². The molecular formula is C12H18N2O. The maximum atomic E-state index is 9.07. The van der Waals surface area contributed by atoms with Crippen LogP contribution in [0, 0.1) is 6.92 Å². The van der Waals surface area contributed by atoms with Crippen LogP contribution in [-0.2, 0) is 0 Å². The van der Waals surface area contributed by atoms with Gasteiger partial charge in [0.15, 0.2) is 0 Å². The van der Waals surface area contributed by atoms with Gasteiger partial charge in [0.2, 0.25) is 0 Å². The second kappa shape index (κ2) is 4.62. The average molecular weight is 206 g/mol. The van der Waals surface area contributed by atoms with Crippen LogP contribution in [0.3, 0.4) is 0 Å². The molecule has 1 N–H and O–H groups in total. The standard InChI is InChI=1S/C12H18N2O/c1-10-5-6-13-12(9-10)14(7-8-15)11-3-2-4-11/h5-6,9,11,15H,2-4,7-8H2,1H3. The Morgan fingerprint density at radius 2 is 2.33 bits per heavy atom. The Morgan fingerprint density at radius 1 is 1.53 bits per heavy atom. The predicted molar refractivity (Wildman–Crippen MR) is 61.0 cm³/mol. The number of aliphatic hydroxyl groups is 1. The van der Waals surface area contributed by atoms with Gasteiger partial charge in [0.25, 0.3) is 0 Å². The number of aromatic nitrogens is 1. The summed E-state index contributed by atoms with van der Waals surface area (Å²) in [5.74, 6) is 1.01. The SMILES string of the molecule is Cc1ccnc(N(CCO)C2CCC2)c1. The topological polar surface area (TPSA) is 36.4 Å². The zero-order chi connectivity index (χ0) is 10.7. The van der Waals surface area contributed by atoms with E-state index in [1.54, 1.807) is 0 Å². The van der Waals surface area contributed by atoms with Crippen molar-refractivity contribution in [1.82, 2.24) is 4.98 Å². The Bertz CT molecular complexity index is 323. The number of rotatable bonds is 4. The zero-order valence-corrected chi connectivity index (χ0v) is 9.19. The quantitative estimate of drug-likeness (QED) is 0.815. The minimum atomic E-state index is 0.201. The number of hydrogen-bond acceptors (Lipinski definition) is 3. The molecule has 3 nitrogen and oxygen atoms in total. The molecule has 0 saturated heterocycles. The largest absolute Gasteiger partial charge is 0.395 e. The van der Waals surface area contributed by atoms with Gasteiger partial charge in [-0.15, -0.1) is 0 Å². The van der Waals surface area contributed by atoms with E-state index in [0.29, 0.717) is 12.6 Å². The first-order valence-corrected chi connectivity index (χ1v) is 5.61. The Kier molecular flexibility index (Phi) is 3.21. The van der Waals surface area contributed by atoms with Gasteiger partial charge >= 0.3 is 0 Å². The lowest BCUT2D eigenvalue weighted by atomic mass is 9.91. The van der Waals surface area contributed by atoms with Crippen LogP contribution in [0.25, 0.3) is 0 Å². The zero-order valence-electron chi connectivity index (χ0n) is 9.19.